The number of likely N-dealkylation sites (N-methyl/N-ethyl adjacent to an activating group) is 1. The Labute approximate surface area is 181 Å². The highest BCUT2D eigenvalue weighted by molar-refractivity contribution is 5.33. The van der Waals surface area contributed by atoms with E-state index in [-0.39, 0.29) is 0 Å². The van der Waals surface area contributed by atoms with E-state index in [1.165, 1.54) is 37.8 Å². The van der Waals surface area contributed by atoms with Crippen molar-refractivity contribution in [1.82, 2.24) is 20.0 Å². The monoisotopic (exact) mass is 414 g/mol. The fourth-order valence-corrected chi connectivity index (χ4v) is 4.34. The molecule has 0 spiro atoms. The highest BCUT2D eigenvalue weighted by Gasteiger charge is 2.20. The molecule has 1 fully saturated rings. The summed E-state index contributed by atoms with van der Waals surface area (Å²) < 4.78 is 8.02. The number of nitrogens with zero attached hydrogens (tertiary/aromatic N) is 3. The molecule has 0 aliphatic heterocycles. The van der Waals surface area contributed by atoms with E-state index in [9.17, 15) is 5.11 Å². The minimum Gasteiger partial charge on any atom is -0.491 e. The molecule has 30 heavy (non-hydrogen) atoms. The van der Waals surface area contributed by atoms with E-state index < -0.39 is 6.10 Å². The summed E-state index contributed by atoms with van der Waals surface area (Å²) in [7, 11) is 2.12. The number of hydrogen-bond donors (Lipinski definition) is 2. The average Bonchev–Trinajstić information content (AvgIpc) is 3.07. The number of aromatic nitrogens is 2. The van der Waals surface area contributed by atoms with Gasteiger partial charge in [-0.1, -0.05) is 37.5 Å². The van der Waals surface area contributed by atoms with Gasteiger partial charge < -0.3 is 20.1 Å². The number of hydrogen-bond acceptors (Lipinski definition) is 5. The lowest BCUT2D eigenvalue weighted by Crippen LogP contribution is -2.40. The van der Waals surface area contributed by atoms with Crippen LogP contribution >= 0.6 is 0 Å². The first kappa shape index (κ1) is 22.8. The number of rotatable bonds is 11. The van der Waals surface area contributed by atoms with Gasteiger partial charge in [-0.25, -0.2) is 0 Å². The van der Waals surface area contributed by atoms with Crippen LogP contribution in [0.15, 0.2) is 30.3 Å². The van der Waals surface area contributed by atoms with Crippen molar-refractivity contribution < 1.29 is 9.84 Å². The molecule has 0 bridgehead atoms. The molecular formula is C24H38N4O2. The molecule has 0 radical (unpaired) electrons. The van der Waals surface area contributed by atoms with Crippen LogP contribution < -0.4 is 10.1 Å². The summed E-state index contributed by atoms with van der Waals surface area (Å²) >= 11 is 0. The molecule has 166 valence electrons. The Morgan fingerprint density at radius 3 is 2.73 bits per heavy atom. The van der Waals surface area contributed by atoms with Crippen molar-refractivity contribution in [2.24, 2.45) is 0 Å². The van der Waals surface area contributed by atoms with E-state index in [0.717, 1.165) is 36.6 Å². The van der Waals surface area contributed by atoms with Crippen LogP contribution in [0.25, 0.3) is 0 Å². The third kappa shape index (κ3) is 6.83. The lowest BCUT2D eigenvalue weighted by atomic mass is 9.94. The quantitative estimate of drug-likeness (QED) is 0.553. The molecule has 0 amide bonds. The molecule has 2 aromatic rings. The van der Waals surface area contributed by atoms with Crippen LogP contribution in [0.4, 0.5) is 0 Å². The van der Waals surface area contributed by atoms with Gasteiger partial charge in [0.05, 0.1) is 12.2 Å². The van der Waals surface area contributed by atoms with Crippen molar-refractivity contribution in [2.75, 3.05) is 26.7 Å². The number of aliphatic hydroxyl groups excluding tert-OH is 1. The van der Waals surface area contributed by atoms with Crippen LogP contribution in [0.5, 0.6) is 5.75 Å². The Morgan fingerprint density at radius 2 is 2.00 bits per heavy atom. The normalized spacial score (nSPS) is 16.2. The first-order valence-corrected chi connectivity index (χ1v) is 11.3. The van der Waals surface area contributed by atoms with Crippen LogP contribution in [-0.2, 0) is 13.1 Å². The molecule has 6 nitrogen and oxygen atoms in total. The van der Waals surface area contributed by atoms with Crippen LogP contribution in [0.1, 0.15) is 49.1 Å². The van der Waals surface area contributed by atoms with Gasteiger partial charge in [0.15, 0.2) is 0 Å². The van der Waals surface area contributed by atoms with Gasteiger partial charge in [-0.05, 0) is 45.9 Å². The second kappa shape index (κ2) is 11.5. The van der Waals surface area contributed by atoms with Crippen molar-refractivity contribution in [1.29, 1.82) is 0 Å². The predicted octanol–water partition coefficient (Wildman–Crippen LogP) is 3.29. The summed E-state index contributed by atoms with van der Waals surface area (Å²) in [5.41, 5.74) is 3.35. The second-order valence-corrected chi connectivity index (χ2v) is 8.63. The standard InChI is InChI=1S/C24H38N4O2/c1-19-15-20(2)28(26-19)14-13-25-16-21-9-7-8-12-24(21)30-18-23(29)17-27(3)22-10-5-4-6-11-22/h7-9,12,15,22-23,25,29H,4-6,10-11,13-14,16-18H2,1-3H3. The first-order valence-electron chi connectivity index (χ1n) is 11.3. The number of nitrogens with one attached hydrogen (secondary N) is 1. The maximum absolute atomic E-state index is 10.5. The largest absolute Gasteiger partial charge is 0.491 e. The minimum atomic E-state index is -0.482. The molecule has 6 heteroatoms. The lowest BCUT2D eigenvalue weighted by molar-refractivity contribution is 0.0558. The molecule has 2 N–H and O–H groups in total. The average molecular weight is 415 g/mol. The van der Waals surface area contributed by atoms with Gasteiger partial charge in [0.2, 0.25) is 0 Å². The molecule has 1 heterocycles. The fourth-order valence-electron chi connectivity index (χ4n) is 4.34. The van der Waals surface area contributed by atoms with E-state index in [2.05, 4.69) is 41.4 Å². The van der Waals surface area contributed by atoms with E-state index in [1.807, 2.05) is 29.8 Å². The van der Waals surface area contributed by atoms with E-state index in [1.54, 1.807) is 0 Å². The lowest BCUT2D eigenvalue weighted by Gasteiger charge is -2.32. The Hall–Kier alpha value is -1.89. The highest BCUT2D eigenvalue weighted by atomic mass is 16.5. The zero-order valence-corrected chi connectivity index (χ0v) is 18.8. The minimum absolute atomic E-state index is 0.319. The Kier molecular flexibility index (Phi) is 8.73. The number of aryl methyl sites for hydroxylation is 2. The number of para-hydroxylation sites is 1. The summed E-state index contributed by atoms with van der Waals surface area (Å²) in [5, 5.41) is 18.5. The Morgan fingerprint density at radius 1 is 1.23 bits per heavy atom. The Balaban J connectivity index is 1.42. The molecule has 1 unspecified atom stereocenters. The van der Waals surface area contributed by atoms with Gasteiger partial charge in [-0.15, -0.1) is 0 Å². The second-order valence-electron chi connectivity index (χ2n) is 8.63. The predicted molar refractivity (Wildman–Crippen MR) is 121 cm³/mol. The number of benzene rings is 1. The summed E-state index contributed by atoms with van der Waals surface area (Å²) in [4.78, 5) is 2.31. The smallest absolute Gasteiger partial charge is 0.123 e. The molecule has 1 aromatic carbocycles. The summed E-state index contributed by atoms with van der Waals surface area (Å²) in [5.74, 6) is 0.843. The van der Waals surface area contributed by atoms with Gasteiger partial charge in [0.1, 0.15) is 18.5 Å². The molecule has 1 aromatic heterocycles. The zero-order chi connectivity index (χ0) is 21.3. The first-order chi connectivity index (χ1) is 14.5. The van der Waals surface area contributed by atoms with Crippen LogP contribution in [-0.4, -0.2) is 58.7 Å². The third-order valence-electron chi connectivity index (χ3n) is 6.02. The molecule has 1 aliphatic carbocycles. The van der Waals surface area contributed by atoms with Gasteiger partial charge in [-0.3, -0.25) is 4.68 Å². The maximum Gasteiger partial charge on any atom is 0.123 e. The summed E-state index contributed by atoms with van der Waals surface area (Å²) in [6.07, 6.45) is 5.97. The van der Waals surface area contributed by atoms with Crippen molar-refractivity contribution >= 4 is 0 Å². The molecule has 3 rings (SSSR count). The van der Waals surface area contributed by atoms with E-state index in [0.29, 0.717) is 19.2 Å². The van der Waals surface area contributed by atoms with Crippen molar-refractivity contribution in [3.05, 3.63) is 47.3 Å². The van der Waals surface area contributed by atoms with Crippen molar-refractivity contribution in [3.8, 4) is 5.75 Å². The Bertz CT molecular complexity index is 770. The molecule has 1 aliphatic rings. The fraction of sp³-hybridized carbons (Fsp3) is 0.625. The van der Waals surface area contributed by atoms with E-state index in [4.69, 9.17) is 4.74 Å². The van der Waals surface area contributed by atoms with Gasteiger partial charge in [-0.2, -0.15) is 5.10 Å². The zero-order valence-electron chi connectivity index (χ0n) is 18.8. The highest BCUT2D eigenvalue weighted by Crippen LogP contribution is 2.22. The van der Waals surface area contributed by atoms with Crippen LogP contribution in [0.2, 0.25) is 0 Å². The van der Waals surface area contributed by atoms with Crippen molar-refractivity contribution in [3.63, 3.8) is 0 Å². The SMILES string of the molecule is Cc1cc(C)n(CCNCc2ccccc2OCC(O)CN(C)C2CCCCC2)n1. The topological polar surface area (TPSA) is 62.6 Å². The van der Waals surface area contributed by atoms with E-state index >= 15 is 0 Å². The van der Waals surface area contributed by atoms with Gasteiger partial charge in [0.25, 0.3) is 0 Å². The maximum atomic E-state index is 10.5. The molecule has 1 atom stereocenters. The molecule has 0 saturated heterocycles. The van der Waals surface area contributed by atoms with Gasteiger partial charge >= 0.3 is 0 Å². The summed E-state index contributed by atoms with van der Waals surface area (Å²) in [6, 6.07) is 10.8. The van der Waals surface area contributed by atoms with Crippen molar-refractivity contribution in [2.45, 2.75) is 71.2 Å². The van der Waals surface area contributed by atoms with Crippen LogP contribution in [0.3, 0.4) is 0 Å². The van der Waals surface area contributed by atoms with Crippen LogP contribution in [0, 0.1) is 13.8 Å². The number of ether oxygens (including phenoxy) is 1. The summed E-state index contributed by atoms with van der Waals surface area (Å²) in [6.45, 7) is 7.49. The molecular weight excluding hydrogens is 376 g/mol. The molecule has 1 saturated carbocycles. The number of aliphatic hydroxyl groups is 1. The van der Waals surface area contributed by atoms with Gasteiger partial charge in [0, 0.05) is 36.9 Å². The third-order valence-corrected chi connectivity index (χ3v) is 6.02.